The van der Waals surface area contributed by atoms with Gasteiger partial charge in [-0.05, 0) is 25.7 Å². The molecule has 72 valence electrons. The van der Waals surface area contributed by atoms with Gasteiger partial charge in [-0.25, -0.2) is 0 Å². The van der Waals surface area contributed by atoms with Crippen molar-refractivity contribution in [3.63, 3.8) is 0 Å². The molecule has 0 heterocycles. The standard InChI is InChI=1S/C9H17N.C2H6/c1-4-7-9-10(6-3)8-5-2;1-2/h5-6,8H,3-4,7,9H2,1-2H3;1-2H3/b8-5-;. The predicted molar refractivity (Wildman–Crippen MR) is 58.0 cm³/mol. The van der Waals surface area contributed by atoms with Crippen molar-refractivity contribution in [2.75, 3.05) is 6.54 Å². The van der Waals surface area contributed by atoms with Crippen molar-refractivity contribution in [2.45, 2.75) is 40.5 Å². The Bertz CT molecular complexity index is 106. The maximum absolute atomic E-state index is 3.71. The van der Waals surface area contributed by atoms with Crippen LogP contribution < -0.4 is 0 Å². The number of allylic oxidation sites excluding steroid dienone is 1. The molecule has 0 saturated heterocycles. The van der Waals surface area contributed by atoms with E-state index in [1.54, 1.807) is 0 Å². The predicted octanol–water partition coefficient (Wildman–Crippen LogP) is 3.79. The summed E-state index contributed by atoms with van der Waals surface area (Å²) >= 11 is 0. The van der Waals surface area contributed by atoms with Gasteiger partial charge in [0.05, 0.1) is 0 Å². The van der Waals surface area contributed by atoms with Crippen molar-refractivity contribution in [3.8, 4) is 0 Å². The molecule has 0 amide bonds. The minimum Gasteiger partial charge on any atom is -0.355 e. The molecular weight excluding hydrogens is 146 g/mol. The van der Waals surface area contributed by atoms with E-state index in [9.17, 15) is 0 Å². The third-order valence-electron chi connectivity index (χ3n) is 1.34. The molecule has 0 atom stereocenters. The molecule has 1 nitrogen and oxygen atoms in total. The number of unbranched alkanes of at least 4 members (excludes halogenated alkanes) is 1. The van der Waals surface area contributed by atoms with Crippen LogP contribution in [0.4, 0.5) is 0 Å². The third-order valence-corrected chi connectivity index (χ3v) is 1.34. The first-order valence-corrected chi connectivity index (χ1v) is 4.86. The molecule has 0 unspecified atom stereocenters. The lowest BCUT2D eigenvalue weighted by Crippen LogP contribution is -2.09. The summed E-state index contributed by atoms with van der Waals surface area (Å²) < 4.78 is 0. The molecule has 0 spiro atoms. The average Bonchev–Trinajstić information content (AvgIpc) is 2.15. The topological polar surface area (TPSA) is 3.24 Å². The average molecular weight is 169 g/mol. The van der Waals surface area contributed by atoms with Crippen LogP contribution in [0.5, 0.6) is 0 Å². The van der Waals surface area contributed by atoms with Crippen LogP contribution in [-0.2, 0) is 0 Å². The van der Waals surface area contributed by atoms with Crippen molar-refractivity contribution in [1.82, 2.24) is 4.90 Å². The molecule has 0 aliphatic rings. The minimum atomic E-state index is 1.09. The molecule has 0 rings (SSSR count). The molecule has 0 aliphatic carbocycles. The number of nitrogens with zero attached hydrogens (tertiary/aromatic N) is 1. The highest BCUT2D eigenvalue weighted by Crippen LogP contribution is 1.95. The van der Waals surface area contributed by atoms with Crippen LogP contribution in [0.1, 0.15) is 40.5 Å². The maximum atomic E-state index is 3.71. The Balaban J connectivity index is 0. The zero-order valence-corrected chi connectivity index (χ0v) is 9.01. The van der Waals surface area contributed by atoms with Crippen LogP contribution >= 0.6 is 0 Å². The van der Waals surface area contributed by atoms with Gasteiger partial charge in [0.25, 0.3) is 0 Å². The molecule has 1 heteroatoms. The van der Waals surface area contributed by atoms with Crippen LogP contribution in [-0.4, -0.2) is 11.4 Å². The van der Waals surface area contributed by atoms with Crippen LogP contribution in [0.25, 0.3) is 0 Å². The molecule has 0 aromatic heterocycles. The number of hydrogen-bond acceptors (Lipinski definition) is 1. The highest BCUT2D eigenvalue weighted by atomic mass is 15.1. The van der Waals surface area contributed by atoms with E-state index in [-0.39, 0.29) is 0 Å². The van der Waals surface area contributed by atoms with Gasteiger partial charge in [-0.15, -0.1) is 0 Å². The van der Waals surface area contributed by atoms with Gasteiger partial charge in [-0.3, -0.25) is 0 Å². The summed E-state index contributed by atoms with van der Waals surface area (Å²) in [5.74, 6) is 0. The van der Waals surface area contributed by atoms with Gasteiger partial charge in [-0.1, -0.05) is 39.8 Å². The second kappa shape index (κ2) is 12.9. The molecule has 0 radical (unpaired) electrons. The molecule has 0 aliphatic heterocycles. The van der Waals surface area contributed by atoms with E-state index >= 15 is 0 Å². The van der Waals surface area contributed by atoms with Crippen molar-refractivity contribution < 1.29 is 0 Å². The SMILES string of the molecule is C=CN(/C=C\C)CCCC.CC. The fraction of sp³-hybridized carbons (Fsp3) is 0.636. The summed E-state index contributed by atoms with van der Waals surface area (Å²) in [6.45, 7) is 13.0. The lowest BCUT2D eigenvalue weighted by Gasteiger charge is -2.12. The molecule has 0 fully saturated rings. The summed E-state index contributed by atoms with van der Waals surface area (Å²) in [4.78, 5) is 2.10. The van der Waals surface area contributed by atoms with Crippen molar-refractivity contribution >= 4 is 0 Å². The van der Waals surface area contributed by atoms with Gasteiger partial charge >= 0.3 is 0 Å². The van der Waals surface area contributed by atoms with Crippen molar-refractivity contribution in [2.24, 2.45) is 0 Å². The van der Waals surface area contributed by atoms with E-state index in [1.807, 2.05) is 39.2 Å². The van der Waals surface area contributed by atoms with Gasteiger partial charge < -0.3 is 4.90 Å². The summed E-state index contributed by atoms with van der Waals surface area (Å²) in [6.07, 6.45) is 8.40. The zero-order chi connectivity index (χ0) is 9.82. The first-order chi connectivity index (χ1) is 5.85. The quantitative estimate of drug-likeness (QED) is 0.605. The van der Waals surface area contributed by atoms with Gasteiger partial charge in [0.1, 0.15) is 0 Å². The fourth-order valence-corrected chi connectivity index (χ4v) is 0.759. The Kier molecular flexibility index (Phi) is 14.9. The van der Waals surface area contributed by atoms with Gasteiger partial charge in [-0.2, -0.15) is 0 Å². The molecule has 0 N–H and O–H groups in total. The molecule has 0 bridgehead atoms. The Labute approximate surface area is 77.8 Å². The summed E-state index contributed by atoms with van der Waals surface area (Å²) in [5.41, 5.74) is 0. The van der Waals surface area contributed by atoms with E-state index in [0.717, 1.165) is 6.54 Å². The summed E-state index contributed by atoms with van der Waals surface area (Å²) in [6, 6.07) is 0. The van der Waals surface area contributed by atoms with Crippen LogP contribution in [0.2, 0.25) is 0 Å². The number of rotatable bonds is 5. The second-order valence-electron chi connectivity index (χ2n) is 2.26. The second-order valence-corrected chi connectivity index (χ2v) is 2.26. The lowest BCUT2D eigenvalue weighted by atomic mass is 10.3. The van der Waals surface area contributed by atoms with Gasteiger partial charge in [0.15, 0.2) is 0 Å². The van der Waals surface area contributed by atoms with E-state index < -0.39 is 0 Å². The maximum Gasteiger partial charge on any atom is 0.0219 e. The largest absolute Gasteiger partial charge is 0.355 e. The van der Waals surface area contributed by atoms with E-state index in [0.29, 0.717) is 0 Å². The highest BCUT2D eigenvalue weighted by Gasteiger charge is 1.88. The van der Waals surface area contributed by atoms with Crippen molar-refractivity contribution in [3.05, 3.63) is 25.1 Å². The van der Waals surface area contributed by atoms with Gasteiger partial charge in [0, 0.05) is 6.54 Å². The smallest absolute Gasteiger partial charge is 0.0219 e. The monoisotopic (exact) mass is 169 g/mol. The molecule has 12 heavy (non-hydrogen) atoms. The Morgan fingerprint density at radius 3 is 2.25 bits per heavy atom. The Morgan fingerprint density at radius 1 is 1.33 bits per heavy atom. The van der Waals surface area contributed by atoms with Crippen LogP contribution in [0.3, 0.4) is 0 Å². The summed E-state index contributed by atoms with van der Waals surface area (Å²) in [7, 11) is 0. The van der Waals surface area contributed by atoms with E-state index in [2.05, 4.69) is 18.4 Å². The first kappa shape index (κ1) is 13.8. The lowest BCUT2D eigenvalue weighted by molar-refractivity contribution is 0.486. The van der Waals surface area contributed by atoms with E-state index in [1.165, 1.54) is 12.8 Å². The molecular formula is C11H23N. The number of hydrogen-bond donors (Lipinski definition) is 0. The highest BCUT2D eigenvalue weighted by molar-refractivity contribution is 4.84. The normalized spacial score (nSPS) is 9.00. The van der Waals surface area contributed by atoms with Crippen LogP contribution in [0.15, 0.2) is 25.1 Å². The van der Waals surface area contributed by atoms with Gasteiger partial charge in [0.2, 0.25) is 0 Å². The first-order valence-electron chi connectivity index (χ1n) is 4.86. The zero-order valence-electron chi connectivity index (χ0n) is 9.01. The van der Waals surface area contributed by atoms with E-state index in [4.69, 9.17) is 0 Å². The Hall–Kier alpha value is -0.720. The third kappa shape index (κ3) is 9.28. The van der Waals surface area contributed by atoms with Crippen LogP contribution in [0, 0.1) is 0 Å². The summed E-state index contributed by atoms with van der Waals surface area (Å²) in [5, 5.41) is 0. The fourth-order valence-electron chi connectivity index (χ4n) is 0.759. The Morgan fingerprint density at radius 2 is 1.92 bits per heavy atom. The molecule has 0 aromatic carbocycles. The minimum absolute atomic E-state index is 1.09. The molecule has 0 saturated carbocycles. The van der Waals surface area contributed by atoms with Crippen molar-refractivity contribution in [1.29, 1.82) is 0 Å². The molecule has 0 aromatic rings.